The minimum Gasteiger partial charge on any atom is -0.277 e. The van der Waals surface area contributed by atoms with Crippen LogP contribution in [-0.2, 0) is 6.42 Å². The molecule has 0 aromatic heterocycles. The number of amides is 3. The number of aryl methyl sites for hydroxylation is 1. The summed E-state index contributed by atoms with van der Waals surface area (Å²) >= 11 is 1.18. The van der Waals surface area contributed by atoms with E-state index in [1.165, 1.54) is 30.4 Å². The quantitative estimate of drug-likeness (QED) is 0.782. The van der Waals surface area contributed by atoms with Crippen molar-refractivity contribution in [3.8, 4) is 0 Å². The normalized spacial score (nSPS) is 10.1. The van der Waals surface area contributed by atoms with Crippen molar-refractivity contribution in [3.63, 3.8) is 0 Å². The van der Waals surface area contributed by atoms with Gasteiger partial charge in [-0.1, -0.05) is 43.7 Å². The van der Waals surface area contributed by atoms with Crippen LogP contribution in [0.5, 0.6) is 0 Å². The Morgan fingerprint density at radius 3 is 2.35 bits per heavy atom. The zero-order chi connectivity index (χ0) is 16.5. The predicted octanol–water partition coefficient (Wildman–Crippen LogP) is 4.18. The molecule has 0 spiro atoms. The van der Waals surface area contributed by atoms with Crippen molar-refractivity contribution in [1.29, 1.82) is 0 Å². The number of rotatable bonds is 6. The summed E-state index contributed by atoms with van der Waals surface area (Å²) in [5.41, 5.74) is 1.74. The van der Waals surface area contributed by atoms with E-state index in [1.54, 1.807) is 24.3 Å². The molecule has 4 nitrogen and oxygen atoms in total. The number of hydrogen-bond acceptors (Lipinski definition) is 3. The second-order valence-electron chi connectivity index (χ2n) is 5.10. The van der Waals surface area contributed by atoms with E-state index in [0.717, 1.165) is 11.3 Å². The second kappa shape index (κ2) is 9.00. The standard InChI is InChI=1S/C18H20N2O2S/c1-2-3-7-14-10-12-16(13-11-14)23-20-18(22)19-17(21)15-8-5-4-6-9-15/h4-6,8-13H,2-3,7H2,1H3,(H2,19,20,21,22). The van der Waals surface area contributed by atoms with Gasteiger partial charge in [0.25, 0.3) is 5.91 Å². The molecular weight excluding hydrogens is 308 g/mol. The fourth-order valence-corrected chi connectivity index (χ4v) is 2.53. The van der Waals surface area contributed by atoms with Gasteiger partial charge in [0.15, 0.2) is 0 Å². The fraction of sp³-hybridized carbons (Fsp3) is 0.222. The number of carbonyl (C=O) groups is 2. The highest BCUT2D eigenvalue weighted by atomic mass is 32.2. The van der Waals surface area contributed by atoms with Crippen LogP contribution in [-0.4, -0.2) is 11.9 Å². The van der Waals surface area contributed by atoms with Crippen LogP contribution in [0.25, 0.3) is 0 Å². The molecule has 0 saturated carbocycles. The Morgan fingerprint density at radius 2 is 1.70 bits per heavy atom. The van der Waals surface area contributed by atoms with Gasteiger partial charge >= 0.3 is 6.03 Å². The van der Waals surface area contributed by atoms with Crippen molar-refractivity contribution in [2.75, 3.05) is 0 Å². The first-order valence-corrected chi connectivity index (χ1v) is 8.43. The first kappa shape index (κ1) is 17.1. The zero-order valence-electron chi connectivity index (χ0n) is 13.0. The van der Waals surface area contributed by atoms with Crippen molar-refractivity contribution in [3.05, 3.63) is 65.7 Å². The molecule has 0 atom stereocenters. The fourth-order valence-electron chi connectivity index (χ4n) is 2.00. The molecule has 5 heteroatoms. The molecule has 2 N–H and O–H groups in total. The molecule has 3 amide bonds. The molecule has 0 aliphatic rings. The van der Waals surface area contributed by atoms with E-state index < -0.39 is 11.9 Å². The second-order valence-corrected chi connectivity index (χ2v) is 5.98. The van der Waals surface area contributed by atoms with Crippen LogP contribution >= 0.6 is 11.9 Å². The third kappa shape index (κ3) is 5.79. The average molecular weight is 328 g/mol. The van der Waals surface area contributed by atoms with Crippen molar-refractivity contribution >= 4 is 23.9 Å². The van der Waals surface area contributed by atoms with E-state index in [9.17, 15) is 9.59 Å². The molecule has 2 aromatic rings. The maximum atomic E-state index is 11.8. The van der Waals surface area contributed by atoms with E-state index >= 15 is 0 Å². The SMILES string of the molecule is CCCCc1ccc(SNC(=O)NC(=O)c2ccccc2)cc1. The lowest BCUT2D eigenvalue weighted by Crippen LogP contribution is -2.36. The lowest BCUT2D eigenvalue weighted by atomic mass is 10.1. The highest BCUT2D eigenvalue weighted by molar-refractivity contribution is 7.98. The Morgan fingerprint density at radius 1 is 1.00 bits per heavy atom. The third-order valence-electron chi connectivity index (χ3n) is 3.27. The van der Waals surface area contributed by atoms with Crippen LogP contribution in [0.4, 0.5) is 4.79 Å². The van der Waals surface area contributed by atoms with Crippen LogP contribution in [0.3, 0.4) is 0 Å². The third-order valence-corrected chi connectivity index (χ3v) is 4.06. The van der Waals surface area contributed by atoms with Crippen molar-refractivity contribution in [2.24, 2.45) is 0 Å². The van der Waals surface area contributed by atoms with Crippen molar-refractivity contribution in [1.82, 2.24) is 10.0 Å². The Balaban J connectivity index is 1.79. The Bertz CT molecular complexity index is 642. The highest BCUT2D eigenvalue weighted by Crippen LogP contribution is 2.16. The van der Waals surface area contributed by atoms with Gasteiger partial charge in [-0.25, -0.2) is 4.79 Å². The molecule has 0 radical (unpaired) electrons. The molecule has 120 valence electrons. The van der Waals surface area contributed by atoms with Crippen LogP contribution in [0, 0.1) is 0 Å². The monoisotopic (exact) mass is 328 g/mol. The topological polar surface area (TPSA) is 58.2 Å². The predicted molar refractivity (Wildman–Crippen MR) is 93.4 cm³/mol. The summed E-state index contributed by atoms with van der Waals surface area (Å²) in [5.74, 6) is -0.418. The van der Waals surface area contributed by atoms with E-state index in [4.69, 9.17) is 0 Å². The van der Waals surface area contributed by atoms with Crippen LogP contribution in [0.15, 0.2) is 59.5 Å². The van der Waals surface area contributed by atoms with Crippen LogP contribution < -0.4 is 10.0 Å². The maximum absolute atomic E-state index is 11.8. The minimum absolute atomic E-state index is 0.418. The van der Waals surface area contributed by atoms with Gasteiger partial charge in [0.05, 0.1) is 0 Å². The van der Waals surface area contributed by atoms with Gasteiger partial charge in [0, 0.05) is 10.5 Å². The van der Waals surface area contributed by atoms with Crippen molar-refractivity contribution in [2.45, 2.75) is 31.1 Å². The summed E-state index contributed by atoms with van der Waals surface area (Å²) in [5, 5.41) is 2.30. The molecule has 2 rings (SSSR count). The van der Waals surface area contributed by atoms with Gasteiger partial charge < -0.3 is 0 Å². The number of unbranched alkanes of at least 4 members (excludes halogenated alkanes) is 1. The lowest BCUT2D eigenvalue weighted by Gasteiger charge is -2.07. The van der Waals surface area contributed by atoms with Gasteiger partial charge in [-0.2, -0.15) is 0 Å². The van der Waals surface area contributed by atoms with Crippen LogP contribution in [0.2, 0.25) is 0 Å². The molecule has 0 bridgehead atoms. The number of benzene rings is 2. The molecule has 0 fully saturated rings. The average Bonchev–Trinajstić information content (AvgIpc) is 2.59. The van der Waals surface area contributed by atoms with E-state index in [2.05, 4.69) is 29.1 Å². The number of urea groups is 1. The summed E-state index contributed by atoms with van der Waals surface area (Å²) in [6.45, 7) is 2.17. The van der Waals surface area contributed by atoms with Crippen molar-refractivity contribution < 1.29 is 9.59 Å². The number of carbonyl (C=O) groups excluding carboxylic acids is 2. The Labute approximate surface area is 140 Å². The molecular formula is C18H20N2O2S. The van der Waals surface area contributed by atoms with E-state index in [1.807, 2.05) is 18.2 Å². The highest BCUT2D eigenvalue weighted by Gasteiger charge is 2.09. The largest absolute Gasteiger partial charge is 0.331 e. The lowest BCUT2D eigenvalue weighted by molar-refractivity contribution is 0.0965. The van der Waals surface area contributed by atoms with E-state index in [-0.39, 0.29) is 0 Å². The molecule has 2 aromatic carbocycles. The smallest absolute Gasteiger partial charge is 0.277 e. The first-order chi connectivity index (χ1) is 11.2. The number of imide groups is 1. The zero-order valence-corrected chi connectivity index (χ0v) is 13.9. The summed E-state index contributed by atoms with van der Waals surface area (Å²) < 4.78 is 2.61. The maximum Gasteiger partial charge on any atom is 0.331 e. The van der Waals surface area contributed by atoms with Gasteiger partial charge in [0.2, 0.25) is 0 Å². The minimum atomic E-state index is -0.529. The van der Waals surface area contributed by atoms with Gasteiger partial charge in [-0.3, -0.25) is 14.8 Å². The van der Waals surface area contributed by atoms with E-state index in [0.29, 0.717) is 5.56 Å². The summed E-state index contributed by atoms with van der Waals surface area (Å²) in [4.78, 5) is 24.5. The van der Waals surface area contributed by atoms with Gasteiger partial charge in [0.1, 0.15) is 0 Å². The molecule has 0 aliphatic heterocycles. The molecule has 23 heavy (non-hydrogen) atoms. The molecule has 0 heterocycles. The molecule has 0 saturated heterocycles. The summed E-state index contributed by atoms with van der Waals surface area (Å²) in [6.07, 6.45) is 3.42. The Kier molecular flexibility index (Phi) is 6.69. The van der Waals surface area contributed by atoms with Crippen LogP contribution in [0.1, 0.15) is 35.7 Å². The summed E-state index contributed by atoms with van der Waals surface area (Å²) in [6, 6.07) is 16.2. The first-order valence-electron chi connectivity index (χ1n) is 7.61. The number of nitrogens with one attached hydrogen (secondary N) is 2. The van der Waals surface area contributed by atoms with Gasteiger partial charge in [-0.05, 0) is 54.6 Å². The molecule has 0 aliphatic carbocycles. The van der Waals surface area contributed by atoms with Gasteiger partial charge in [-0.15, -0.1) is 0 Å². The summed E-state index contributed by atoms with van der Waals surface area (Å²) in [7, 11) is 0. The number of hydrogen-bond donors (Lipinski definition) is 2. The Hall–Kier alpha value is -2.27. The molecule has 0 unspecified atom stereocenters.